The summed E-state index contributed by atoms with van der Waals surface area (Å²) >= 11 is 0. The number of hydrogen-bond donors (Lipinski definition) is 0. The molecular weight excluding hydrogens is 298 g/mol. The lowest BCUT2D eigenvalue weighted by Gasteiger charge is -2.13. The topological polar surface area (TPSA) is 71.5 Å². The van der Waals surface area contributed by atoms with Gasteiger partial charge in [0.2, 0.25) is 19.1 Å². The molecule has 1 unspecified atom stereocenters. The van der Waals surface area contributed by atoms with Gasteiger partial charge in [0.15, 0.2) is 0 Å². The average molecular weight is 312 g/mol. The molecule has 102 valence electrons. The van der Waals surface area contributed by atoms with Crippen molar-refractivity contribution in [3.8, 4) is 0 Å². The Morgan fingerprint density at radius 1 is 1.06 bits per heavy atom. The average Bonchev–Trinajstić information content (AvgIpc) is 2.26. The Bertz CT molecular complexity index is 620. The van der Waals surface area contributed by atoms with E-state index >= 15 is 0 Å². The van der Waals surface area contributed by atoms with E-state index in [9.17, 15) is 16.8 Å². The molecule has 1 rings (SSSR count). The molecule has 18 heavy (non-hydrogen) atoms. The molecule has 0 saturated heterocycles. The Morgan fingerprint density at radius 2 is 1.50 bits per heavy atom. The SMILES string of the molecule is CC(c1ccc(S(=O)(=O)N(C)C)cc1)S(=O)(=O)Cl. The maximum absolute atomic E-state index is 11.8. The van der Waals surface area contributed by atoms with E-state index in [0.29, 0.717) is 5.56 Å². The number of nitrogens with zero attached hydrogens (tertiary/aromatic N) is 1. The van der Waals surface area contributed by atoms with Crippen LogP contribution in [0.1, 0.15) is 17.7 Å². The van der Waals surface area contributed by atoms with Crippen LogP contribution in [0.5, 0.6) is 0 Å². The maximum Gasteiger partial charge on any atom is 0.242 e. The van der Waals surface area contributed by atoms with Crippen molar-refractivity contribution in [2.45, 2.75) is 17.1 Å². The second kappa shape index (κ2) is 5.16. The zero-order chi connectivity index (χ0) is 14.1. The molecule has 0 heterocycles. The lowest BCUT2D eigenvalue weighted by molar-refractivity contribution is 0.520. The third kappa shape index (κ3) is 3.23. The molecule has 0 spiro atoms. The van der Waals surface area contributed by atoms with Crippen LogP contribution in [0.25, 0.3) is 0 Å². The summed E-state index contributed by atoms with van der Waals surface area (Å²) in [6, 6.07) is 5.62. The number of rotatable bonds is 4. The summed E-state index contributed by atoms with van der Waals surface area (Å²) in [4.78, 5) is 0.107. The Labute approximate surface area is 112 Å². The van der Waals surface area contributed by atoms with Crippen molar-refractivity contribution in [2.75, 3.05) is 14.1 Å². The smallest absolute Gasteiger partial charge is 0.212 e. The molecule has 0 aliphatic carbocycles. The quantitative estimate of drug-likeness (QED) is 0.791. The number of sulfonamides is 1. The Hall–Kier alpha value is -0.630. The molecule has 8 heteroatoms. The van der Waals surface area contributed by atoms with E-state index in [4.69, 9.17) is 10.7 Å². The van der Waals surface area contributed by atoms with Gasteiger partial charge in [-0.2, -0.15) is 0 Å². The summed E-state index contributed by atoms with van der Waals surface area (Å²) in [5, 5.41) is -0.879. The van der Waals surface area contributed by atoms with E-state index in [1.807, 2.05) is 0 Å². The lowest BCUT2D eigenvalue weighted by Crippen LogP contribution is -2.22. The Kier molecular flexibility index (Phi) is 4.42. The summed E-state index contributed by atoms with van der Waals surface area (Å²) in [7, 11) is 0.883. The van der Waals surface area contributed by atoms with Gasteiger partial charge in [0.25, 0.3) is 0 Å². The third-order valence-electron chi connectivity index (χ3n) is 2.55. The van der Waals surface area contributed by atoms with Gasteiger partial charge in [0.1, 0.15) is 0 Å². The van der Waals surface area contributed by atoms with Gasteiger partial charge in [0, 0.05) is 24.8 Å². The first kappa shape index (κ1) is 15.4. The fraction of sp³-hybridized carbons (Fsp3) is 0.400. The molecule has 0 N–H and O–H groups in total. The van der Waals surface area contributed by atoms with Gasteiger partial charge in [-0.15, -0.1) is 0 Å². The molecule has 0 aliphatic heterocycles. The number of hydrogen-bond acceptors (Lipinski definition) is 4. The molecule has 0 saturated carbocycles. The van der Waals surface area contributed by atoms with Crippen LogP contribution in [0.4, 0.5) is 0 Å². The van der Waals surface area contributed by atoms with Crippen molar-refractivity contribution in [1.82, 2.24) is 4.31 Å². The normalized spacial score (nSPS) is 14.7. The van der Waals surface area contributed by atoms with Crippen LogP contribution in [-0.2, 0) is 19.1 Å². The lowest BCUT2D eigenvalue weighted by atomic mass is 10.2. The third-order valence-corrected chi connectivity index (χ3v) is 6.30. The van der Waals surface area contributed by atoms with Gasteiger partial charge in [0.05, 0.1) is 10.1 Å². The van der Waals surface area contributed by atoms with Crippen molar-refractivity contribution >= 4 is 29.8 Å². The molecule has 0 fully saturated rings. The molecule has 1 aromatic carbocycles. The summed E-state index contributed by atoms with van der Waals surface area (Å²) in [5.41, 5.74) is 0.447. The second-order valence-corrected chi connectivity index (χ2v) is 9.07. The molecule has 0 bridgehead atoms. The van der Waals surface area contributed by atoms with Crippen molar-refractivity contribution in [2.24, 2.45) is 0 Å². The first-order chi connectivity index (χ1) is 8.06. The van der Waals surface area contributed by atoms with E-state index in [-0.39, 0.29) is 4.90 Å². The highest BCUT2D eigenvalue weighted by Crippen LogP contribution is 2.26. The molecule has 0 radical (unpaired) electrons. The molecule has 0 amide bonds. The zero-order valence-corrected chi connectivity index (χ0v) is 12.6. The van der Waals surface area contributed by atoms with Gasteiger partial charge in [-0.25, -0.2) is 21.1 Å². The molecule has 0 aliphatic rings. The summed E-state index contributed by atoms with van der Waals surface area (Å²) < 4.78 is 47.0. The van der Waals surface area contributed by atoms with E-state index in [1.54, 1.807) is 0 Å². The first-order valence-corrected chi connectivity index (χ1v) is 8.84. The monoisotopic (exact) mass is 311 g/mol. The molecular formula is C10H14ClNO4S2. The van der Waals surface area contributed by atoms with Crippen LogP contribution in [0, 0.1) is 0 Å². The fourth-order valence-corrected chi connectivity index (χ4v) is 2.98. The van der Waals surface area contributed by atoms with Crippen LogP contribution >= 0.6 is 10.7 Å². The van der Waals surface area contributed by atoms with E-state index in [2.05, 4.69) is 0 Å². The highest BCUT2D eigenvalue weighted by Gasteiger charge is 2.21. The Morgan fingerprint density at radius 3 is 1.83 bits per heavy atom. The van der Waals surface area contributed by atoms with Crippen LogP contribution in [0.3, 0.4) is 0 Å². The molecule has 1 aromatic rings. The molecule has 1 atom stereocenters. The van der Waals surface area contributed by atoms with Crippen LogP contribution in [0.15, 0.2) is 29.2 Å². The van der Waals surface area contributed by atoms with Crippen molar-refractivity contribution in [3.05, 3.63) is 29.8 Å². The van der Waals surface area contributed by atoms with Crippen LogP contribution in [0.2, 0.25) is 0 Å². The minimum Gasteiger partial charge on any atom is -0.212 e. The Balaban J connectivity index is 3.16. The predicted octanol–water partition coefficient (Wildman–Crippen LogP) is 1.57. The molecule has 0 aromatic heterocycles. The first-order valence-electron chi connectivity index (χ1n) is 5.03. The highest BCUT2D eigenvalue weighted by molar-refractivity contribution is 8.13. The van der Waals surface area contributed by atoms with Gasteiger partial charge in [-0.3, -0.25) is 0 Å². The minimum atomic E-state index is -3.71. The summed E-state index contributed by atoms with van der Waals surface area (Å²) in [6.07, 6.45) is 0. The maximum atomic E-state index is 11.8. The second-order valence-electron chi connectivity index (χ2n) is 3.97. The largest absolute Gasteiger partial charge is 0.242 e. The number of halogens is 1. The standard InChI is InChI=1S/C10H14ClNO4S2/c1-8(17(11,13)14)9-4-6-10(7-5-9)18(15,16)12(2)3/h4-8H,1-3H3. The predicted molar refractivity (Wildman–Crippen MR) is 70.5 cm³/mol. The van der Waals surface area contributed by atoms with Gasteiger partial charge in [-0.05, 0) is 24.6 Å². The summed E-state index contributed by atoms with van der Waals surface area (Å²) in [5.74, 6) is 0. The van der Waals surface area contributed by atoms with Gasteiger partial charge < -0.3 is 0 Å². The highest BCUT2D eigenvalue weighted by atomic mass is 35.7. The van der Waals surface area contributed by atoms with Crippen molar-refractivity contribution in [1.29, 1.82) is 0 Å². The minimum absolute atomic E-state index is 0.107. The van der Waals surface area contributed by atoms with E-state index < -0.39 is 24.3 Å². The van der Waals surface area contributed by atoms with Crippen molar-refractivity contribution in [3.63, 3.8) is 0 Å². The van der Waals surface area contributed by atoms with Crippen LogP contribution in [-0.4, -0.2) is 35.2 Å². The van der Waals surface area contributed by atoms with Gasteiger partial charge >= 0.3 is 0 Å². The fourth-order valence-electron chi connectivity index (χ4n) is 1.28. The van der Waals surface area contributed by atoms with Crippen LogP contribution < -0.4 is 0 Å². The molecule has 5 nitrogen and oxygen atoms in total. The van der Waals surface area contributed by atoms with Crippen molar-refractivity contribution < 1.29 is 16.8 Å². The van der Waals surface area contributed by atoms with Gasteiger partial charge in [-0.1, -0.05) is 12.1 Å². The summed E-state index contributed by atoms with van der Waals surface area (Å²) in [6.45, 7) is 1.44. The number of benzene rings is 1. The zero-order valence-electron chi connectivity index (χ0n) is 10.2. The van der Waals surface area contributed by atoms with E-state index in [0.717, 1.165) is 4.31 Å². The van der Waals surface area contributed by atoms with E-state index in [1.165, 1.54) is 45.3 Å².